The number of nitrogens with zero attached hydrogens (tertiary/aromatic N) is 2. The Bertz CT molecular complexity index is 1010. The molecule has 4 heterocycles. The van der Waals surface area contributed by atoms with Gasteiger partial charge in [-0.3, -0.25) is 19.9 Å². The number of fused-ring (bicyclic) bond motifs is 4. The summed E-state index contributed by atoms with van der Waals surface area (Å²) in [6, 6.07) is 19.6. The molecule has 4 aliphatic rings. The third kappa shape index (κ3) is 5.56. The van der Waals surface area contributed by atoms with Crippen molar-refractivity contribution in [3.05, 3.63) is 71.3 Å². The van der Waals surface area contributed by atoms with E-state index in [1.165, 1.54) is 42.6 Å². The zero-order chi connectivity index (χ0) is 24.1. The predicted molar refractivity (Wildman–Crippen MR) is 127 cm³/mol. The summed E-state index contributed by atoms with van der Waals surface area (Å²) in [7, 11) is 0. The number of carboxylic acids is 2. The van der Waals surface area contributed by atoms with Crippen LogP contribution in [-0.4, -0.2) is 70.3 Å². The van der Waals surface area contributed by atoms with Crippen LogP contribution in [0.15, 0.2) is 54.6 Å². The minimum Gasteiger partial charge on any atom is -0.481 e. The first-order valence-electron chi connectivity index (χ1n) is 11.7. The normalized spacial score (nSPS) is 24.9. The van der Waals surface area contributed by atoms with E-state index in [2.05, 4.69) is 64.4 Å². The van der Waals surface area contributed by atoms with Gasteiger partial charge in [0.1, 0.15) is 12.5 Å². The van der Waals surface area contributed by atoms with Gasteiger partial charge in [0.05, 0.1) is 6.04 Å². The van der Waals surface area contributed by atoms with Gasteiger partial charge in [0.2, 0.25) is 0 Å². The number of amidine groups is 1. The van der Waals surface area contributed by atoms with Crippen molar-refractivity contribution < 1.29 is 24.5 Å². The van der Waals surface area contributed by atoms with Crippen LogP contribution in [-0.2, 0) is 20.7 Å². The van der Waals surface area contributed by atoms with E-state index in [1.54, 1.807) is 0 Å². The van der Waals surface area contributed by atoms with Crippen LogP contribution in [0.3, 0.4) is 0 Å². The van der Waals surface area contributed by atoms with Gasteiger partial charge in [-0.05, 0) is 55.0 Å². The van der Waals surface area contributed by atoms with Gasteiger partial charge < -0.3 is 19.8 Å². The Morgan fingerprint density at radius 1 is 0.941 bits per heavy atom. The van der Waals surface area contributed by atoms with E-state index in [0.29, 0.717) is 11.9 Å². The van der Waals surface area contributed by atoms with Crippen LogP contribution in [0.25, 0.3) is 0 Å². The molecule has 0 spiro atoms. The maximum Gasteiger partial charge on any atom is 0.314 e. The number of carbonyl (C=O) groups is 2. The highest BCUT2D eigenvalue weighted by Gasteiger charge is 2.38. The van der Waals surface area contributed by atoms with Crippen molar-refractivity contribution in [2.45, 2.75) is 37.8 Å². The van der Waals surface area contributed by atoms with Crippen LogP contribution in [0.1, 0.15) is 42.0 Å². The molecule has 0 amide bonds. The molecule has 3 fully saturated rings. The number of benzene rings is 2. The summed E-state index contributed by atoms with van der Waals surface area (Å²) in [5, 5.41) is 24.2. The maximum absolute atomic E-state index is 9.43. The Balaban J connectivity index is 0.000000344. The van der Waals surface area contributed by atoms with E-state index >= 15 is 0 Å². The highest BCUT2D eigenvalue weighted by molar-refractivity contribution is 5.88. The van der Waals surface area contributed by atoms with Gasteiger partial charge in [0.15, 0.2) is 0 Å². The van der Waals surface area contributed by atoms with Crippen LogP contribution >= 0.6 is 0 Å². The van der Waals surface area contributed by atoms with E-state index in [9.17, 15) is 9.59 Å². The smallest absolute Gasteiger partial charge is 0.314 e. The van der Waals surface area contributed by atoms with Crippen LogP contribution in [0.5, 0.6) is 0 Å². The first-order valence-corrected chi connectivity index (χ1v) is 11.7. The minimum atomic E-state index is -1.31. The number of ether oxygens (including phenoxy) is 1. The van der Waals surface area contributed by atoms with Gasteiger partial charge in [0, 0.05) is 13.1 Å². The van der Waals surface area contributed by atoms with Crippen molar-refractivity contribution >= 4 is 18.0 Å². The molecule has 0 aliphatic carbocycles. The molecule has 0 radical (unpaired) electrons. The van der Waals surface area contributed by atoms with Crippen molar-refractivity contribution in [1.82, 2.24) is 9.80 Å². The fourth-order valence-corrected chi connectivity index (χ4v) is 5.16. The summed E-state index contributed by atoms with van der Waals surface area (Å²) in [5.41, 5.74) is 3.92. The number of rotatable bonds is 4. The predicted octanol–water partition coefficient (Wildman–Crippen LogP) is 3.23. The van der Waals surface area contributed by atoms with Crippen molar-refractivity contribution in [3.8, 4) is 0 Å². The molecule has 3 N–H and O–H groups in total. The fraction of sp³-hybridized carbons (Fsp3) is 0.423. The largest absolute Gasteiger partial charge is 0.481 e. The van der Waals surface area contributed by atoms with Crippen molar-refractivity contribution in [1.29, 1.82) is 5.41 Å². The van der Waals surface area contributed by atoms with Crippen molar-refractivity contribution in [2.24, 2.45) is 5.92 Å². The van der Waals surface area contributed by atoms with Gasteiger partial charge in [-0.25, -0.2) is 0 Å². The fourth-order valence-electron chi connectivity index (χ4n) is 5.16. The summed E-state index contributed by atoms with van der Waals surface area (Å²) in [5.74, 6) is -2.01. The molecule has 2 atom stereocenters. The van der Waals surface area contributed by atoms with E-state index < -0.39 is 18.4 Å². The van der Waals surface area contributed by atoms with E-state index in [-0.39, 0.29) is 12.1 Å². The number of hydrogen-bond acceptors (Lipinski definition) is 5. The molecule has 34 heavy (non-hydrogen) atoms. The minimum absolute atomic E-state index is 0.0599. The molecule has 0 saturated carbocycles. The highest BCUT2D eigenvalue weighted by Crippen LogP contribution is 2.36. The standard InChI is InChI=1S/C23H27N3O.C3H4O4/c24-23(27-21-16-25-13-10-18(21)11-14-25)26-15-12-17-6-4-5-9-20(17)22(26)19-7-2-1-3-8-19;4-2(5)1-3(6)7/h1-9,18,21-22,24H,10-16H2;1H2,(H,4,5)(H,6,7). The summed E-state index contributed by atoms with van der Waals surface area (Å²) >= 11 is 0. The molecule has 2 aromatic rings. The Morgan fingerprint density at radius 2 is 1.59 bits per heavy atom. The Hall–Kier alpha value is -3.39. The quantitative estimate of drug-likeness (QED) is 0.361. The van der Waals surface area contributed by atoms with Crippen LogP contribution in [0, 0.1) is 11.3 Å². The molecule has 2 unspecified atom stereocenters. The SMILES string of the molecule is N=C(OC1CN2CCC1CC2)N1CCc2ccccc2C1c1ccccc1.O=C(O)CC(=O)O. The summed E-state index contributed by atoms with van der Waals surface area (Å²) < 4.78 is 6.30. The first kappa shape index (κ1) is 23.8. The van der Waals surface area contributed by atoms with Gasteiger partial charge in [0.25, 0.3) is 6.02 Å². The lowest BCUT2D eigenvalue weighted by Gasteiger charge is -2.46. The lowest BCUT2D eigenvalue weighted by molar-refractivity contribution is -0.147. The Labute approximate surface area is 199 Å². The maximum atomic E-state index is 9.43. The molecule has 6 rings (SSSR count). The number of aliphatic carboxylic acids is 2. The average molecular weight is 466 g/mol. The average Bonchev–Trinajstić information content (AvgIpc) is 2.84. The molecular weight excluding hydrogens is 434 g/mol. The topological polar surface area (TPSA) is 114 Å². The molecule has 0 aromatic heterocycles. The lowest BCUT2D eigenvalue weighted by Crippen LogP contribution is -2.53. The Morgan fingerprint density at radius 3 is 2.18 bits per heavy atom. The summed E-state index contributed by atoms with van der Waals surface area (Å²) in [6.07, 6.45) is 2.76. The molecule has 4 aliphatic heterocycles. The second kappa shape index (κ2) is 10.7. The third-order valence-electron chi connectivity index (χ3n) is 6.82. The number of carboxylic acid groups (broad SMARTS) is 2. The summed E-state index contributed by atoms with van der Waals surface area (Å²) in [4.78, 5) is 23.5. The molecule has 2 bridgehead atoms. The van der Waals surface area contributed by atoms with Gasteiger partial charge in [-0.2, -0.15) is 0 Å². The number of nitrogens with one attached hydrogen (secondary N) is 1. The molecule has 8 nitrogen and oxygen atoms in total. The molecule has 2 aromatic carbocycles. The lowest BCUT2D eigenvalue weighted by atomic mass is 9.86. The van der Waals surface area contributed by atoms with E-state index in [1.807, 2.05) is 0 Å². The summed E-state index contributed by atoms with van der Waals surface area (Å²) in [6.45, 7) is 4.20. The van der Waals surface area contributed by atoms with E-state index in [0.717, 1.165) is 19.5 Å². The second-order valence-corrected chi connectivity index (χ2v) is 9.02. The van der Waals surface area contributed by atoms with Gasteiger partial charge in [-0.1, -0.05) is 54.6 Å². The first-order chi connectivity index (χ1) is 16.4. The monoisotopic (exact) mass is 465 g/mol. The zero-order valence-electron chi connectivity index (χ0n) is 19.1. The third-order valence-corrected chi connectivity index (χ3v) is 6.82. The Kier molecular flexibility index (Phi) is 7.47. The molecular formula is C26H31N3O5. The van der Waals surface area contributed by atoms with Crippen LogP contribution in [0.4, 0.5) is 0 Å². The number of piperidine rings is 3. The van der Waals surface area contributed by atoms with Crippen LogP contribution < -0.4 is 0 Å². The molecule has 8 heteroatoms. The molecule has 3 saturated heterocycles. The molecule has 180 valence electrons. The van der Waals surface area contributed by atoms with E-state index in [4.69, 9.17) is 20.4 Å². The van der Waals surface area contributed by atoms with Crippen molar-refractivity contribution in [3.63, 3.8) is 0 Å². The number of hydrogen-bond donors (Lipinski definition) is 3. The highest BCUT2D eigenvalue weighted by atomic mass is 16.5. The second-order valence-electron chi connectivity index (χ2n) is 9.02. The van der Waals surface area contributed by atoms with Crippen molar-refractivity contribution in [2.75, 3.05) is 26.2 Å². The zero-order valence-corrected chi connectivity index (χ0v) is 19.1. The van der Waals surface area contributed by atoms with Gasteiger partial charge >= 0.3 is 11.9 Å². The van der Waals surface area contributed by atoms with Gasteiger partial charge in [-0.15, -0.1) is 0 Å². The van der Waals surface area contributed by atoms with Crippen LogP contribution in [0.2, 0.25) is 0 Å².